The van der Waals surface area contributed by atoms with Gasteiger partial charge >= 0.3 is 5.97 Å². The van der Waals surface area contributed by atoms with E-state index in [1.807, 2.05) is 19.1 Å². The summed E-state index contributed by atoms with van der Waals surface area (Å²) in [6, 6.07) is 13.8. The molecule has 0 bridgehead atoms. The number of nitrogens with zero attached hydrogens (tertiary/aromatic N) is 1. The van der Waals surface area contributed by atoms with Crippen LogP contribution in [0.4, 0.5) is 10.5 Å². The van der Waals surface area contributed by atoms with E-state index >= 15 is 0 Å². The second kappa shape index (κ2) is 9.94. The van der Waals surface area contributed by atoms with Crippen molar-refractivity contribution in [1.82, 2.24) is 4.90 Å². The van der Waals surface area contributed by atoms with Crippen molar-refractivity contribution < 1.29 is 28.7 Å². The first-order valence-corrected chi connectivity index (χ1v) is 10.1. The van der Waals surface area contributed by atoms with Crippen molar-refractivity contribution in [1.29, 1.82) is 0 Å². The lowest BCUT2D eigenvalue weighted by molar-refractivity contribution is -0.142. The number of hydrogen-bond donors (Lipinski definition) is 1. The largest absolute Gasteiger partial charge is 0.482 e. The Morgan fingerprint density at radius 3 is 2.39 bits per heavy atom. The van der Waals surface area contributed by atoms with Gasteiger partial charge < -0.3 is 14.8 Å². The molecule has 9 heteroatoms. The van der Waals surface area contributed by atoms with Crippen LogP contribution in [0.3, 0.4) is 0 Å². The third-order valence-corrected chi connectivity index (χ3v) is 5.18. The first-order valence-electron chi connectivity index (χ1n) is 9.27. The summed E-state index contributed by atoms with van der Waals surface area (Å²) in [5.41, 5.74) is 2.31. The smallest absolute Gasteiger partial charge is 0.343 e. The number of carbonyl (C=O) groups is 4. The number of thioether (sulfide) groups is 1. The third-order valence-electron chi connectivity index (χ3n) is 4.27. The third kappa shape index (κ3) is 5.95. The quantitative estimate of drug-likeness (QED) is 0.521. The van der Waals surface area contributed by atoms with Gasteiger partial charge in [0.15, 0.2) is 6.61 Å². The highest BCUT2D eigenvalue weighted by atomic mass is 32.2. The van der Waals surface area contributed by atoms with E-state index in [4.69, 9.17) is 4.74 Å². The maximum Gasteiger partial charge on any atom is 0.343 e. The van der Waals surface area contributed by atoms with Gasteiger partial charge in [0.25, 0.3) is 11.1 Å². The van der Waals surface area contributed by atoms with Crippen molar-refractivity contribution in [2.45, 2.75) is 6.92 Å². The fourth-order valence-electron chi connectivity index (χ4n) is 2.63. The molecule has 3 rings (SSSR count). The molecule has 31 heavy (non-hydrogen) atoms. The molecular formula is C22H20N2O6S. The molecule has 2 aromatic carbocycles. The monoisotopic (exact) mass is 440 g/mol. The molecule has 0 atom stereocenters. The summed E-state index contributed by atoms with van der Waals surface area (Å²) in [5, 5.41) is 2.17. The summed E-state index contributed by atoms with van der Waals surface area (Å²) >= 11 is 0.774. The molecular weight excluding hydrogens is 420 g/mol. The van der Waals surface area contributed by atoms with E-state index in [1.54, 1.807) is 42.5 Å². The van der Waals surface area contributed by atoms with Crippen LogP contribution in [0.2, 0.25) is 0 Å². The summed E-state index contributed by atoms with van der Waals surface area (Å²) in [6.07, 6.45) is 1.56. The molecule has 0 aliphatic carbocycles. The van der Waals surface area contributed by atoms with E-state index in [1.165, 1.54) is 7.11 Å². The molecule has 3 amide bonds. The molecule has 8 nitrogen and oxygen atoms in total. The van der Waals surface area contributed by atoms with E-state index in [0.29, 0.717) is 17.0 Å². The van der Waals surface area contributed by atoms with Crippen molar-refractivity contribution in [2.75, 3.05) is 25.6 Å². The number of anilines is 1. The van der Waals surface area contributed by atoms with Gasteiger partial charge in [-0.25, -0.2) is 4.79 Å². The highest BCUT2D eigenvalue weighted by Crippen LogP contribution is 2.32. The summed E-state index contributed by atoms with van der Waals surface area (Å²) in [7, 11) is 1.27. The number of imide groups is 1. The molecule has 1 saturated heterocycles. The molecule has 1 heterocycles. The fraction of sp³-hybridized carbons (Fsp3) is 0.182. The van der Waals surface area contributed by atoms with Gasteiger partial charge in [-0.3, -0.25) is 19.3 Å². The van der Waals surface area contributed by atoms with Crippen molar-refractivity contribution in [3.8, 4) is 5.75 Å². The zero-order valence-corrected chi connectivity index (χ0v) is 17.7. The van der Waals surface area contributed by atoms with Crippen LogP contribution >= 0.6 is 11.8 Å². The van der Waals surface area contributed by atoms with Crippen LogP contribution in [-0.2, 0) is 19.1 Å². The number of esters is 1. The zero-order chi connectivity index (χ0) is 22.4. The van der Waals surface area contributed by atoms with Gasteiger partial charge in [0, 0.05) is 5.69 Å². The Morgan fingerprint density at radius 2 is 1.74 bits per heavy atom. The SMILES string of the molecule is COC(=O)COc1ccc(C=C2SC(=O)N(CC(=O)Nc3ccc(C)cc3)C2=O)cc1. The Balaban J connectivity index is 1.61. The second-order valence-electron chi connectivity index (χ2n) is 6.62. The molecule has 0 aromatic heterocycles. The van der Waals surface area contributed by atoms with Crippen LogP contribution in [-0.4, -0.2) is 48.2 Å². The standard InChI is InChI=1S/C22H20N2O6S/c1-14-3-7-16(8-4-14)23-19(25)12-24-21(27)18(31-22(24)28)11-15-5-9-17(10-6-15)30-13-20(26)29-2/h3-11H,12-13H2,1-2H3,(H,23,25). The predicted molar refractivity (Wildman–Crippen MR) is 116 cm³/mol. The van der Waals surface area contributed by atoms with Gasteiger partial charge in [-0.05, 0) is 54.6 Å². The number of carbonyl (C=O) groups excluding carboxylic acids is 4. The number of aryl methyl sites for hydroxylation is 1. The van der Waals surface area contributed by atoms with Gasteiger partial charge in [0.05, 0.1) is 12.0 Å². The number of amides is 3. The predicted octanol–water partition coefficient (Wildman–Crippen LogP) is 3.22. The van der Waals surface area contributed by atoms with E-state index in [-0.39, 0.29) is 18.1 Å². The fourth-order valence-corrected chi connectivity index (χ4v) is 3.47. The van der Waals surface area contributed by atoms with E-state index in [9.17, 15) is 19.2 Å². The molecule has 2 aromatic rings. The second-order valence-corrected chi connectivity index (χ2v) is 7.61. The zero-order valence-electron chi connectivity index (χ0n) is 16.9. The van der Waals surface area contributed by atoms with Crippen molar-refractivity contribution in [2.24, 2.45) is 0 Å². The lowest BCUT2D eigenvalue weighted by Crippen LogP contribution is -2.36. The molecule has 0 saturated carbocycles. The molecule has 0 radical (unpaired) electrons. The van der Waals surface area contributed by atoms with Crippen LogP contribution in [0.1, 0.15) is 11.1 Å². The minimum atomic E-state index is -0.528. The molecule has 0 unspecified atom stereocenters. The van der Waals surface area contributed by atoms with Crippen LogP contribution < -0.4 is 10.1 Å². The topological polar surface area (TPSA) is 102 Å². The summed E-state index contributed by atoms with van der Waals surface area (Å²) < 4.78 is 9.77. The number of rotatable bonds is 7. The maximum atomic E-state index is 12.6. The maximum absolute atomic E-state index is 12.6. The first-order chi connectivity index (χ1) is 14.9. The van der Waals surface area contributed by atoms with Crippen molar-refractivity contribution in [3.63, 3.8) is 0 Å². The van der Waals surface area contributed by atoms with Crippen molar-refractivity contribution in [3.05, 3.63) is 64.6 Å². The first kappa shape index (κ1) is 22.1. The molecule has 160 valence electrons. The highest BCUT2D eigenvalue weighted by Gasteiger charge is 2.36. The van der Waals surface area contributed by atoms with Crippen LogP contribution in [0.15, 0.2) is 53.4 Å². The summed E-state index contributed by atoms with van der Waals surface area (Å²) in [4.78, 5) is 49.3. The van der Waals surface area contributed by atoms with Crippen LogP contribution in [0.5, 0.6) is 5.75 Å². The number of hydrogen-bond acceptors (Lipinski definition) is 7. The Hall–Kier alpha value is -3.59. The minimum absolute atomic E-state index is 0.209. The van der Waals surface area contributed by atoms with E-state index in [2.05, 4.69) is 10.1 Å². The molecule has 1 aliphatic heterocycles. The Morgan fingerprint density at radius 1 is 1.06 bits per heavy atom. The molecule has 1 fully saturated rings. The van der Waals surface area contributed by atoms with Gasteiger partial charge in [0.2, 0.25) is 5.91 Å². The molecule has 1 N–H and O–H groups in total. The van der Waals surface area contributed by atoms with E-state index < -0.39 is 23.0 Å². The number of benzene rings is 2. The van der Waals surface area contributed by atoms with Gasteiger partial charge in [-0.15, -0.1) is 0 Å². The van der Waals surface area contributed by atoms with Crippen LogP contribution in [0.25, 0.3) is 6.08 Å². The molecule has 1 aliphatic rings. The van der Waals surface area contributed by atoms with E-state index in [0.717, 1.165) is 22.2 Å². The average Bonchev–Trinajstić information content (AvgIpc) is 3.02. The number of methoxy groups -OCH3 is 1. The Kier molecular flexibility index (Phi) is 7.09. The van der Waals surface area contributed by atoms with Gasteiger partial charge in [0.1, 0.15) is 12.3 Å². The summed E-state index contributed by atoms with van der Waals surface area (Å²) in [5.74, 6) is -1.02. The molecule has 0 spiro atoms. The minimum Gasteiger partial charge on any atom is -0.482 e. The Labute approximate surface area is 183 Å². The van der Waals surface area contributed by atoms with Gasteiger partial charge in [-0.2, -0.15) is 0 Å². The van der Waals surface area contributed by atoms with Crippen molar-refractivity contribution >= 4 is 46.5 Å². The highest BCUT2D eigenvalue weighted by molar-refractivity contribution is 8.18. The average molecular weight is 440 g/mol. The summed E-state index contributed by atoms with van der Waals surface area (Å²) in [6.45, 7) is 1.36. The van der Waals surface area contributed by atoms with Gasteiger partial charge in [-0.1, -0.05) is 29.8 Å². The number of nitrogens with one attached hydrogen (secondary N) is 1. The Bertz CT molecular complexity index is 1030. The number of ether oxygens (including phenoxy) is 2. The normalized spacial score (nSPS) is 14.6. The lowest BCUT2D eigenvalue weighted by Gasteiger charge is -2.12. The lowest BCUT2D eigenvalue weighted by atomic mass is 10.2. The van der Waals surface area contributed by atoms with Crippen LogP contribution in [0, 0.1) is 6.92 Å².